The van der Waals surface area contributed by atoms with Crippen molar-refractivity contribution >= 4 is 17.9 Å². The molecule has 0 aromatic heterocycles. The predicted molar refractivity (Wildman–Crippen MR) is 97.2 cm³/mol. The van der Waals surface area contributed by atoms with Crippen molar-refractivity contribution in [2.75, 3.05) is 11.9 Å². The molecule has 0 saturated heterocycles. The first kappa shape index (κ1) is 16.1. The lowest BCUT2D eigenvalue weighted by atomic mass is 10.1. The van der Waals surface area contributed by atoms with E-state index in [2.05, 4.69) is 15.3 Å². The number of nitrogens with zero attached hydrogens (tertiary/aromatic N) is 4. The van der Waals surface area contributed by atoms with E-state index in [1.807, 2.05) is 19.1 Å². The number of hydrogen-bond acceptors (Lipinski definition) is 5. The molecule has 1 aromatic carbocycles. The van der Waals surface area contributed by atoms with Gasteiger partial charge in [-0.3, -0.25) is 9.13 Å². The Balaban J connectivity index is 1.80. The van der Waals surface area contributed by atoms with Crippen molar-refractivity contribution in [3.05, 3.63) is 46.4 Å². The minimum atomic E-state index is -0.990. The van der Waals surface area contributed by atoms with Crippen molar-refractivity contribution in [2.24, 2.45) is 0 Å². The van der Waals surface area contributed by atoms with Gasteiger partial charge in [-0.05, 0) is 18.6 Å². The van der Waals surface area contributed by atoms with E-state index in [9.17, 15) is 9.59 Å². The van der Waals surface area contributed by atoms with Gasteiger partial charge < -0.3 is 10.4 Å². The molecule has 0 radical (unpaired) electrons. The van der Waals surface area contributed by atoms with Crippen LogP contribution in [-0.2, 0) is 17.9 Å². The highest BCUT2D eigenvalue weighted by Gasteiger charge is 2.27. The van der Waals surface area contributed by atoms with Crippen LogP contribution >= 0.6 is 0 Å². The number of imidazole rings is 1. The van der Waals surface area contributed by atoms with Crippen LogP contribution in [0.25, 0.3) is 29.0 Å². The van der Waals surface area contributed by atoms with Gasteiger partial charge in [0.2, 0.25) is 0 Å². The van der Waals surface area contributed by atoms with Gasteiger partial charge in [0.25, 0.3) is 0 Å². The molecule has 26 heavy (non-hydrogen) atoms. The molecule has 0 amide bonds. The van der Waals surface area contributed by atoms with Gasteiger partial charge in [0.05, 0.1) is 0 Å². The molecule has 4 rings (SSSR count). The van der Waals surface area contributed by atoms with Gasteiger partial charge in [-0.25, -0.2) is 19.6 Å². The van der Waals surface area contributed by atoms with E-state index in [1.165, 1.54) is 6.08 Å². The summed E-state index contributed by atoms with van der Waals surface area (Å²) in [5.74, 6) is 0.839. The smallest absolute Gasteiger partial charge is 0.331 e. The van der Waals surface area contributed by atoms with Crippen LogP contribution in [0.4, 0.5) is 5.82 Å². The van der Waals surface area contributed by atoms with Gasteiger partial charge in [-0.2, -0.15) is 0 Å². The van der Waals surface area contributed by atoms with Crippen LogP contribution in [0.5, 0.6) is 0 Å². The van der Waals surface area contributed by atoms with Gasteiger partial charge >= 0.3 is 11.7 Å². The van der Waals surface area contributed by atoms with Crippen LogP contribution in [0.15, 0.2) is 35.1 Å². The largest absolute Gasteiger partial charge is 0.478 e. The Kier molecular flexibility index (Phi) is 3.80. The first-order valence-electron chi connectivity index (χ1n) is 8.35. The number of aromatic nitrogens is 4. The second kappa shape index (κ2) is 6.14. The molecule has 1 aromatic rings. The second-order valence-corrected chi connectivity index (χ2v) is 5.97. The molecule has 3 aliphatic heterocycles. The maximum absolute atomic E-state index is 12.6. The fourth-order valence-electron chi connectivity index (χ4n) is 3.14. The van der Waals surface area contributed by atoms with Gasteiger partial charge in [-0.1, -0.05) is 24.3 Å². The third-order valence-corrected chi connectivity index (χ3v) is 4.38. The van der Waals surface area contributed by atoms with E-state index in [1.54, 1.807) is 21.3 Å². The summed E-state index contributed by atoms with van der Waals surface area (Å²) < 4.78 is 3.33. The second-order valence-electron chi connectivity index (χ2n) is 5.97. The van der Waals surface area contributed by atoms with Crippen molar-refractivity contribution in [1.29, 1.82) is 0 Å². The lowest BCUT2D eigenvalue weighted by Crippen LogP contribution is -2.31. The predicted octanol–water partition coefficient (Wildman–Crippen LogP) is 1.75. The van der Waals surface area contributed by atoms with Crippen LogP contribution in [0.3, 0.4) is 0 Å². The average molecular weight is 351 g/mol. The van der Waals surface area contributed by atoms with Crippen LogP contribution in [0.1, 0.15) is 12.5 Å². The number of carboxylic acid groups (broad SMARTS) is 1. The number of anilines is 1. The Bertz CT molecular complexity index is 1050. The molecule has 3 heterocycles. The summed E-state index contributed by atoms with van der Waals surface area (Å²) in [5.41, 5.74) is 2.19. The Hall–Kier alpha value is -3.42. The van der Waals surface area contributed by atoms with Crippen molar-refractivity contribution in [1.82, 2.24) is 19.1 Å². The normalized spacial score (nSPS) is 13.3. The topological polar surface area (TPSA) is 102 Å². The maximum Gasteiger partial charge on any atom is 0.331 e. The van der Waals surface area contributed by atoms with E-state index in [0.29, 0.717) is 37.0 Å². The molecule has 0 atom stereocenters. The van der Waals surface area contributed by atoms with E-state index in [-0.39, 0.29) is 5.69 Å². The minimum Gasteiger partial charge on any atom is -0.478 e. The maximum atomic E-state index is 12.6. The molecule has 0 bridgehead atoms. The van der Waals surface area contributed by atoms with Crippen LogP contribution < -0.4 is 11.0 Å². The van der Waals surface area contributed by atoms with Crippen LogP contribution in [-0.4, -0.2) is 36.7 Å². The van der Waals surface area contributed by atoms with E-state index in [0.717, 1.165) is 23.0 Å². The van der Waals surface area contributed by atoms with Crippen LogP contribution in [0.2, 0.25) is 0 Å². The van der Waals surface area contributed by atoms with Crippen LogP contribution in [0, 0.1) is 0 Å². The third kappa shape index (κ3) is 2.55. The molecule has 132 valence electrons. The van der Waals surface area contributed by atoms with Crippen molar-refractivity contribution in [3.8, 4) is 22.9 Å². The zero-order valence-electron chi connectivity index (χ0n) is 14.1. The number of nitrogens with one attached hydrogen (secondary N) is 1. The molecule has 8 heteroatoms. The average Bonchev–Trinajstić information content (AvgIpc) is 3.28. The Morgan fingerprint density at radius 1 is 1.31 bits per heavy atom. The molecular formula is C18H17N5O3. The summed E-state index contributed by atoms with van der Waals surface area (Å²) >= 11 is 0. The Morgan fingerprint density at radius 3 is 2.77 bits per heavy atom. The number of hydrogen-bond donors (Lipinski definition) is 2. The highest BCUT2D eigenvalue weighted by atomic mass is 16.4. The van der Waals surface area contributed by atoms with E-state index >= 15 is 0 Å². The minimum absolute atomic E-state index is 0.0828. The monoisotopic (exact) mass is 351 g/mol. The summed E-state index contributed by atoms with van der Waals surface area (Å²) in [6.45, 7) is 3.75. The molecule has 8 nitrogen and oxygen atoms in total. The Labute approximate surface area is 148 Å². The van der Waals surface area contributed by atoms with Crippen molar-refractivity contribution in [3.63, 3.8) is 0 Å². The molecular weight excluding hydrogens is 334 g/mol. The summed E-state index contributed by atoms with van der Waals surface area (Å²) in [4.78, 5) is 32.4. The zero-order valence-corrected chi connectivity index (χ0v) is 14.1. The number of aliphatic carboxylic acids is 1. The standard InChI is InChI=1S/C18H17N5O3/c1-2-22-17-14(16-19-9-10-23(16)18(22)26)20-15(21-17)12-6-3-11(4-7-12)5-8-13(24)25/h3-8,19H,2,9-10H2,1H3,(H,24,25)/b8-5+. The number of benzene rings is 1. The first-order chi connectivity index (χ1) is 12.6. The summed E-state index contributed by atoms with van der Waals surface area (Å²) in [7, 11) is 0. The molecule has 0 fully saturated rings. The Morgan fingerprint density at radius 2 is 2.08 bits per heavy atom. The number of fused-ring (bicyclic) bond motifs is 3. The molecule has 2 N–H and O–H groups in total. The van der Waals surface area contributed by atoms with Gasteiger partial charge in [0, 0.05) is 31.3 Å². The fourth-order valence-corrected chi connectivity index (χ4v) is 3.14. The molecule has 0 saturated carbocycles. The summed E-state index contributed by atoms with van der Waals surface area (Å²) in [5, 5.41) is 11.9. The molecule has 0 unspecified atom stereocenters. The van der Waals surface area contributed by atoms with Crippen molar-refractivity contribution < 1.29 is 9.90 Å². The lowest BCUT2D eigenvalue weighted by molar-refractivity contribution is -0.131. The third-order valence-electron chi connectivity index (χ3n) is 4.38. The van der Waals surface area contributed by atoms with Gasteiger partial charge in [0.15, 0.2) is 11.6 Å². The fraction of sp³-hybridized carbons (Fsp3) is 0.222. The van der Waals surface area contributed by atoms with Gasteiger partial charge in [-0.15, -0.1) is 0 Å². The quantitative estimate of drug-likeness (QED) is 0.695. The molecule has 0 spiro atoms. The lowest BCUT2D eigenvalue weighted by Gasteiger charge is -2.12. The highest BCUT2D eigenvalue weighted by Crippen LogP contribution is 2.31. The highest BCUT2D eigenvalue weighted by molar-refractivity contribution is 5.85. The molecule has 0 aliphatic carbocycles. The number of carbonyl (C=O) groups is 1. The van der Waals surface area contributed by atoms with E-state index < -0.39 is 5.97 Å². The first-order valence-corrected chi connectivity index (χ1v) is 8.35. The number of rotatable bonds is 4. The summed E-state index contributed by atoms with van der Waals surface area (Å²) in [6, 6.07) is 7.29. The number of carboxylic acids is 1. The van der Waals surface area contributed by atoms with Gasteiger partial charge in [0.1, 0.15) is 11.5 Å². The summed E-state index contributed by atoms with van der Waals surface area (Å²) in [6.07, 6.45) is 2.62. The molecule has 3 aliphatic rings. The zero-order chi connectivity index (χ0) is 18.3. The van der Waals surface area contributed by atoms with E-state index in [4.69, 9.17) is 5.11 Å². The SMILES string of the molecule is CCn1c2nc(-c3ccc(/C=C/C(=O)O)cc3)nc-2c2n(c1=O)CCN2. The van der Waals surface area contributed by atoms with Crippen molar-refractivity contribution in [2.45, 2.75) is 20.0 Å².